The summed E-state index contributed by atoms with van der Waals surface area (Å²) in [5.41, 5.74) is 0.421. The molecule has 0 aliphatic rings. The number of hydrogen-bond acceptors (Lipinski definition) is 1. The van der Waals surface area contributed by atoms with Gasteiger partial charge in [0.2, 0.25) is 0 Å². The molecule has 0 saturated carbocycles. The van der Waals surface area contributed by atoms with Crippen molar-refractivity contribution in [3.05, 3.63) is 29.3 Å². The maximum Gasteiger partial charge on any atom is 0.190 e. The average molecular weight is 305 g/mol. The summed E-state index contributed by atoms with van der Waals surface area (Å²) in [4.78, 5) is 0. The van der Waals surface area contributed by atoms with Crippen LogP contribution >= 0.6 is 11.6 Å². The fourth-order valence-corrected chi connectivity index (χ4v) is 2.22. The first-order chi connectivity index (χ1) is 9.69. The zero-order chi connectivity index (χ0) is 14.8. The van der Waals surface area contributed by atoms with Gasteiger partial charge >= 0.3 is 0 Å². The zero-order valence-corrected chi connectivity index (χ0v) is 12.8. The summed E-state index contributed by atoms with van der Waals surface area (Å²) >= 11 is 5.55. The van der Waals surface area contributed by atoms with E-state index in [0.29, 0.717) is 12.2 Å². The van der Waals surface area contributed by atoms with Crippen LogP contribution in [0.4, 0.5) is 8.78 Å². The molecule has 0 aliphatic carbocycles. The van der Waals surface area contributed by atoms with Gasteiger partial charge in [0, 0.05) is 5.88 Å². The minimum Gasteiger partial charge on any atom is -0.488 e. The number of benzene rings is 1. The van der Waals surface area contributed by atoms with Crippen LogP contribution in [0.2, 0.25) is 0 Å². The highest BCUT2D eigenvalue weighted by atomic mass is 35.5. The number of unbranched alkanes of at least 4 members (excludes halogenated alkanes) is 6. The molecule has 4 heteroatoms. The lowest BCUT2D eigenvalue weighted by molar-refractivity contribution is 0.275. The van der Waals surface area contributed by atoms with E-state index in [1.165, 1.54) is 37.8 Å². The monoisotopic (exact) mass is 304 g/mol. The molecule has 1 aromatic carbocycles. The molecule has 0 spiro atoms. The smallest absolute Gasteiger partial charge is 0.190 e. The van der Waals surface area contributed by atoms with Gasteiger partial charge in [0.15, 0.2) is 17.4 Å². The Hall–Kier alpha value is -0.830. The summed E-state index contributed by atoms with van der Waals surface area (Å²) in [6.07, 6.45) is 8.01. The van der Waals surface area contributed by atoms with Crippen molar-refractivity contribution < 1.29 is 13.5 Å². The molecule has 0 N–H and O–H groups in total. The third-order valence-electron chi connectivity index (χ3n) is 3.21. The predicted octanol–water partition coefficient (Wildman–Crippen LogP) is 5.83. The highest BCUT2D eigenvalue weighted by Gasteiger charge is 2.12. The fourth-order valence-electron chi connectivity index (χ4n) is 2.06. The van der Waals surface area contributed by atoms with Crippen molar-refractivity contribution in [3.63, 3.8) is 0 Å². The maximum absolute atomic E-state index is 13.6. The Labute approximate surface area is 125 Å². The zero-order valence-electron chi connectivity index (χ0n) is 12.1. The molecule has 1 nitrogen and oxygen atoms in total. The number of ether oxygens (including phenoxy) is 1. The average Bonchev–Trinajstić information content (AvgIpc) is 2.43. The molecule has 0 radical (unpaired) electrons. The molecule has 20 heavy (non-hydrogen) atoms. The standard InChI is InChI=1S/C16H23ClF2O/c1-2-3-4-5-6-7-8-9-20-16-14(18)10-13(12-17)11-15(16)19/h10-11H,2-9,12H2,1H3. The van der Waals surface area contributed by atoms with Gasteiger partial charge < -0.3 is 4.74 Å². The van der Waals surface area contributed by atoms with Gasteiger partial charge in [0.25, 0.3) is 0 Å². The van der Waals surface area contributed by atoms with E-state index in [4.69, 9.17) is 16.3 Å². The van der Waals surface area contributed by atoms with Crippen molar-refractivity contribution in [2.45, 2.75) is 57.7 Å². The SMILES string of the molecule is CCCCCCCCCOc1c(F)cc(CCl)cc1F. The summed E-state index contributed by atoms with van der Waals surface area (Å²) in [5.74, 6) is -1.55. The first-order valence-electron chi connectivity index (χ1n) is 7.35. The van der Waals surface area contributed by atoms with Crippen molar-refractivity contribution >= 4 is 11.6 Å². The lowest BCUT2D eigenvalue weighted by Gasteiger charge is -2.09. The van der Waals surface area contributed by atoms with E-state index in [-0.39, 0.29) is 11.6 Å². The van der Waals surface area contributed by atoms with Crippen LogP contribution in [-0.4, -0.2) is 6.61 Å². The van der Waals surface area contributed by atoms with E-state index in [9.17, 15) is 8.78 Å². The second kappa shape index (κ2) is 9.98. The molecule has 0 bridgehead atoms. The van der Waals surface area contributed by atoms with Gasteiger partial charge in [-0.15, -0.1) is 11.6 Å². The van der Waals surface area contributed by atoms with Gasteiger partial charge in [-0.3, -0.25) is 0 Å². The quantitative estimate of drug-likeness (QED) is 0.390. The van der Waals surface area contributed by atoms with Crippen LogP contribution in [0, 0.1) is 11.6 Å². The molecule has 0 heterocycles. The Kier molecular flexibility index (Phi) is 8.59. The molecule has 0 unspecified atom stereocenters. The van der Waals surface area contributed by atoms with E-state index in [2.05, 4.69) is 6.92 Å². The number of rotatable bonds is 10. The second-order valence-corrected chi connectivity index (χ2v) is 5.26. The van der Waals surface area contributed by atoms with E-state index in [0.717, 1.165) is 19.3 Å². The topological polar surface area (TPSA) is 9.23 Å². The van der Waals surface area contributed by atoms with E-state index < -0.39 is 11.6 Å². The van der Waals surface area contributed by atoms with Crippen molar-refractivity contribution in [1.82, 2.24) is 0 Å². The molecule has 1 aromatic rings. The Morgan fingerprint density at radius 1 is 0.950 bits per heavy atom. The third-order valence-corrected chi connectivity index (χ3v) is 3.52. The Morgan fingerprint density at radius 3 is 2.05 bits per heavy atom. The molecule has 0 amide bonds. The summed E-state index contributed by atoms with van der Waals surface area (Å²) in [7, 11) is 0. The normalized spacial score (nSPS) is 10.8. The van der Waals surface area contributed by atoms with Crippen LogP contribution in [0.5, 0.6) is 5.75 Å². The number of hydrogen-bond donors (Lipinski definition) is 0. The van der Waals surface area contributed by atoms with Gasteiger partial charge in [0.1, 0.15) is 0 Å². The van der Waals surface area contributed by atoms with Gasteiger partial charge in [-0.05, 0) is 24.1 Å². The van der Waals surface area contributed by atoms with Crippen LogP contribution in [0.15, 0.2) is 12.1 Å². The minimum atomic E-state index is -0.677. The minimum absolute atomic E-state index is 0.0892. The van der Waals surface area contributed by atoms with Gasteiger partial charge in [0.05, 0.1) is 6.61 Å². The van der Waals surface area contributed by atoms with Crippen molar-refractivity contribution in [1.29, 1.82) is 0 Å². The highest BCUT2D eigenvalue weighted by molar-refractivity contribution is 6.17. The molecule has 1 rings (SSSR count). The molecule has 0 aromatic heterocycles. The Morgan fingerprint density at radius 2 is 1.50 bits per heavy atom. The molecule has 0 fully saturated rings. The van der Waals surface area contributed by atoms with E-state index >= 15 is 0 Å². The van der Waals surface area contributed by atoms with Gasteiger partial charge in [-0.25, -0.2) is 8.78 Å². The van der Waals surface area contributed by atoms with Crippen molar-refractivity contribution in [2.24, 2.45) is 0 Å². The highest BCUT2D eigenvalue weighted by Crippen LogP contribution is 2.24. The summed E-state index contributed by atoms with van der Waals surface area (Å²) in [6.45, 7) is 2.54. The Bertz CT molecular complexity index is 373. The number of halogens is 3. The molecular weight excluding hydrogens is 282 g/mol. The first kappa shape index (κ1) is 17.2. The lowest BCUT2D eigenvalue weighted by atomic mass is 10.1. The Balaban J connectivity index is 2.25. The lowest BCUT2D eigenvalue weighted by Crippen LogP contribution is -2.02. The van der Waals surface area contributed by atoms with E-state index in [1.807, 2.05) is 0 Å². The molecule has 0 saturated heterocycles. The predicted molar refractivity (Wildman–Crippen MR) is 79.4 cm³/mol. The van der Waals surface area contributed by atoms with Crippen molar-refractivity contribution in [3.8, 4) is 5.75 Å². The fraction of sp³-hybridized carbons (Fsp3) is 0.625. The van der Waals surface area contributed by atoms with Gasteiger partial charge in [-0.1, -0.05) is 45.4 Å². The van der Waals surface area contributed by atoms with Crippen LogP contribution in [0.3, 0.4) is 0 Å². The summed E-state index contributed by atoms with van der Waals surface area (Å²) in [5, 5.41) is 0. The van der Waals surface area contributed by atoms with Crippen LogP contribution in [0.1, 0.15) is 57.4 Å². The summed E-state index contributed by atoms with van der Waals surface area (Å²) < 4.78 is 32.4. The third kappa shape index (κ3) is 6.08. The van der Waals surface area contributed by atoms with Crippen LogP contribution in [0.25, 0.3) is 0 Å². The molecule has 0 aliphatic heterocycles. The van der Waals surface area contributed by atoms with E-state index in [1.54, 1.807) is 0 Å². The number of alkyl halides is 1. The van der Waals surface area contributed by atoms with Crippen LogP contribution < -0.4 is 4.74 Å². The molecule has 0 atom stereocenters. The molecule has 114 valence electrons. The largest absolute Gasteiger partial charge is 0.488 e. The van der Waals surface area contributed by atoms with Crippen LogP contribution in [-0.2, 0) is 5.88 Å². The van der Waals surface area contributed by atoms with Gasteiger partial charge in [-0.2, -0.15) is 0 Å². The van der Waals surface area contributed by atoms with Crippen molar-refractivity contribution in [2.75, 3.05) is 6.61 Å². The second-order valence-electron chi connectivity index (χ2n) is 4.99. The first-order valence-corrected chi connectivity index (χ1v) is 7.89. The maximum atomic E-state index is 13.6. The molecular formula is C16H23ClF2O. The summed E-state index contributed by atoms with van der Waals surface area (Å²) in [6, 6.07) is 2.44.